The molecule has 0 radical (unpaired) electrons. The van der Waals surface area contributed by atoms with Crippen molar-refractivity contribution < 1.29 is 14.7 Å². The maximum Gasteiger partial charge on any atom is 0.407 e. The predicted molar refractivity (Wildman–Crippen MR) is 33.8 cm³/mol. The summed E-state index contributed by atoms with van der Waals surface area (Å²) in [7, 11) is 0. The van der Waals surface area contributed by atoms with E-state index in [1.54, 1.807) is 0 Å². The predicted octanol–water partition coefficient (Wildman–Crippen LogP) is 0.328. The van der Waals surface area contributed by atoms with Gasteiger partial charge < -0.3 is 5.11 Å². The Balaban J connectivity index is 2.51. The van der Waals surface area contributed by atoms with Crippen molar-refractivity contribution in [3.63, 3.8) is 0 Å². The van der Waals surface area contributed by atoms with Gasteiger partial charge in [-0.15, -0.1) is 0 Å². The summed E-state index contributed by atoms with van der Waals surface area (Å²) in [4.78, 5) is 22.1. The van der Waals surface area contributed by atoms with E-state index in [1.807, 2.05) is 0 Å². The minimum atomic E-state index is -0.994. The lowest BCUT2D eigenvalue weighted by atomic mass is 10.0. The van der Waals surface area contributed by atoms with Crippen molar-refractivity contribution in [2.24, 2.45) is 0 Å². The van der Waals surface area contributed by atoms with E-state index in [-0.39, 0.29) is 11.8 Å². The van der Waals surface area contributed by atoms with E-state index >= 15 is 0 Å². The first-order chi connectivity index (χ1) is 4.63. The molecule has 0 aromatic heterocycles. The van der Waals surface area contributed by atoms with Gasteiger partial charge >= 0.3 is 6.09 Å². The van der Waals surface area contributed by atoms with Gasteiger partial charge in [-0.25, -0.2) is 4.79 Å². The van der Waals surface area contributed by atoms with E-state index < -0.39 is 6.09 Å². The third-order valence-electron chi connectivity index (χ3n) is 1.73. The number of likely N-dealkylation sites (tertiary alicyclic amines) is 1. The molecule has 0 aromatic carbocycles. The average molecular weight is 143 g/mol. The Morgan fingerprint density at radius 1 is 1.60 bits per heavy atom. The summed E-state index contributed by atoms with van der Waals surface area (Å²) in [5.74, 6) is -0.0614. The van der Waals surface area contributed by atoms with Crippen molar-refractivity contribution in [3.8, 4) is 0 Å². The Morgan fingerprint density at radius 3 is 2.30 bits per heavy atom. The fraction of sp³-hybridized carbons (Fsp3) is 0.667. The molecule has 0 aromatic rings. The van der Waals surface area contributed by atoms with Gasteiger partial charge in [0.05, 0.1) is 6.04 Å². The van der Waals surface area contributed by atoms with Crippen molar-refractivity contribution in [1.29, 1.82) is 0 Å². The van der Waals surface area contributed by atoms with E-state index in [2.05, 4.69) is 0 Å². The minimum absolute atomic E-state index is 0.0614. The van der Waals surface area contributed by atoms with Crippen molar-refractivity contribution >= 4 is 11.9 Å². The van der Waals surface area contributed by atoms with Gasteiger partial charge in [-0.1, -0.05) is 0 Å². The zero-order valence-corrected chi connectivity index (χ0v) is 5.70. The molecule has 1 amide bonds. The monoisotopic (exact) mass is 143 g/mol. The third kappa shape index (κ3) is 0.964. The molecule has 0 bridgehead atoms. The highest BCUT2D eigenvalue weighted by atomic mass is 16.4. The molecule has 1 atom stereocenters. The first-order valence-electron chi connectivity index (χ1n) is 3.13. The molecule has 0 saturated carbocycles. The Kier molecular flexibility index (Phi) is 1.61. The van der Waals surface area contributed by atoms with Crippen LogP contribution in [-0.2, 0) is 4.79 Å². The summed E-state index contributed by atoms with van der Waals surface area (Å²) in [6, 6.07) is -0.363. The second kappa shape index (κ2) is 2.28. The van der Waals surface area contributed by atoms with Crippen LogP contribution in [-0.4, -0.2) is 34.5 Å². The zero-order chi connectivity index (χ0) is 7.72. The fourth-order valence-electron chi connectivity index (χ4n) is 1.04. The summed E-state index contributed by atoms with van der Waals surface area (Å²) >= 11 is 0. The standard InChI is InChI=1S/C6H9NO3/c1-4(8)5-2-3-7(5)6(9)10/h5H,2-3H2,1H3,(H,9,10)/t5-/m0/s1. The van der Waals surface area contributed by atoms with Crippen molar-refractivity contribution in [3.05, 3.63) is 0 Å². The molecular formula is C6H9NO3. The Hall–Kier alpha value is -1.06. The van der Waals surface area contributed by atoms with Gasteiger partial charge in [0, 0.05) is 6.54 Å². The molecule has 4 heteroatoms. The second-order valence-electron chi connectivity index (χ2n) is 2.39. The van der Waals surface area contributed by atoms with Gasteiger partial charge in [0.1, 0.15) is 0 Å². The molecule has 4 nitrogen and oxygen atoms in total. The largest absolute Gasteiger partial charge is 0.465 e. The van der Waals surface area contributed by atoms with Gasteiger partial charge in [0.25, 0.3) is 0 Å². The first kappa shape index (κ1) is 7.05. The molecule has 1 rings (SSSR count). The van der Waals surface area contributed by atoms with Crippen LogP contribution in [0.5, 0.6) is 0 Å². The number of carboxylic acid groups (broad SMARTS) is 1. The van der Waals surface area contributed by atoms with E-state index in [0.717, 1.165) is 4.90 Å². The first-order valence-corrected chi connectivity index (χ1v) is 3.13. The van der Waals surface area contributed by atoms with Gasteiger partial charge in [0.15, 0.2) is 5.78 Å². The van der Waals surface area contributed by atoms with Crippen LogP contribution in [0.4, 0.5) is 4.79 Å². The molecule has 56 valence electrons. The number of hydrogen-bond acceptors (Lipinski definition) is 2. The summed E-state index contributed by atoms with van der Waals surface area (Å²) in [6.45, 7) is 1.92. The smallest absolute Gasteiger partial charge is 0.407 e. The highest BCUT2D eigenvalue weighted by Crippen LogP contribution is 2.17. The highest BCUT2D eigenvalue weighted by Gasteiger charge is 2.34. The quantitative estimate of drug-likeness (QED) is 0.575. The molecule has 1 heterocycles. The van der Waals surface area contributed by atoms with Crippen LogP contribution in [0.1, 0.15) is 13.3 Å². The lowest BCUT2D eigenvalue weighted by Crippen LogP contribution is -2.53. The lowest BCUT2D eigenvalue weighted by molar-refractivity contribution is -0.125. The SMILES string of the molecule is CC(=O)[C@@H]1CCN1C(=O)O. The van der Waals surface area contributed by atoms with Crippen LogP contribution in [0.2, 0.25) is 0 Å². The van der Waals surface area contributed by atoms with Crippen LogP contribution < -0.4 is 0 Å². The van der Waals surface area contributed by atoms with Gasteiger partial charge in [-0.05, 0) is 13.3 Å². The van der Waals surface area contributed by atoms with Gasteiger partial charge in [0.2, 0.25) is 0 Å². The third-order valence-corrected chi connectivity index (χ3v) is 1.73. The van der Waals surface area contributed by atoms with Crippen molar-refractivity contribution in [2.45, 2.75) is 19.4 Å². The lowest BCUT2D eigenvalue weighted by Gasteiger charge is -2.36. The number of amides is 1. The molecule has 10 heavy (non-hydrogen) atoms. The fourth-order valence-corrected chi connectivity index (χ4v) is 1.04. The van der Waals surface area contributed by atoms with E-state index in [1.165, 1.54) is 6.92 Å². The number of ketones is 1. The van der Waals surface area contributed by atoms with Crippen molar-refractivity contribution in [2.75, 3.05) is 6.54 Å². The molecule has 1 fully saturated rings. The van der Waals surface area contributed by atoms with Gasteiger partial charge in [-0.2, -0.15) is 0 Å². The summed E-state index contributed by atoms with van der Waals surface area (Å²) in [5, 5.41) is 8.43. The number of hydrogen-bond donors (Lipinski definition) is 1. The highest BCUT2D eigenvalue weighted by molar-refractivity contribution is 5.86. The molecule has 1 aliphatic heterocycles. The molecular weight excluding hydrogens is 134 g/mol. The zero-order valence-electron chi connectivity index (χ0n) is 5.70. The summed E-state index contributed by atoms with van der Waals surface area (Å²) in [5.41, 5.74) is 0. The number of rotatable bonds is 1. The number of carbonyl (C=O) groups excluding carboxylic acids is 1. The molecule has 1 saturated heterocycles. The second-order valence-corrected chi connectivity index (χ2v) is 2.39. The molecule has 0 spiro atoms. The van der Waals surface area contributed by atoms with Crippen molar-refractivity contribution in [1.82, 2.24) is 4.90 Å². The van der Waals surface area contributed by atoms with Crippen LogP contribution >= 0.6 is 0 Å². The van der Waals surface area contributed by atoms with Crippen LogP contribution in [0.3, 0.4) is 0 Å². The van der Waals surface area contributed by atoms with E-state index in [9.17, 15) is 9.59 Å². The minimum Gasteiger partial charge on any atom is -0.465 e. The summed E-state index contributed by atoms with van der Waals surface area (Å²) < 4.78 is 0. The van der Waals surface area contributed by atoms with E-state index in [0.29, 0.717) is 13.0 Å². The molecule has 1 N–H and O–H groups in total. The van der Waals surface area contributed by atoms with Crippen LogP contribution in [0.15, 0.2) is 0 Å². The molecule has 1 aliphatic rings. The average Bonchev–Trinajstić information content (AvgIpc) is 1.56. The van der Waals surface area contributed by atoms with E-state index in [4.69, 9.17) is 5.11 Å². The number of Topliss-reactive ketones (excluding diaryl/α,β-unsaturated/α-hetero) is 1. The Labute approximate surface area is 58.4 Å². The molecule has 0 aliphatic carbocycles. The normalized spacial score (nSPS) is 23.7. The van der Waals surface area contributed by atoms with Crippen LogP contribution in [0, 0.1) is 0 Å². The number of carbonyl (C=O) groups is 2. The molecule has 0 unspecified atom stereocenters. The van der Waals surface area contributed by atoms with Crippen LogP contribution in [0.25, 0.3) is 0 Å². The maximum atomic E-state index is 10.6. The topological polar surface area (TPSA) is 57.6 Å². The van der Waals surface area contributed by atoms with Gasteiger partial charge in [-0.3, -0.25) is 9.69 Å². The number of nitrogens with zero attached hydrogens (tertiary/aromatic N) is 1. The maximum absolute atomic E-state index is 10.6. The Morgan fingerprint density at radius 2 is 2.20 bits per heavy atom. The Bertz CT molecular complexity index is 158. The summed E-state index contributed by atoms with van der Waals surface area (Å²) in [6.07, 6.45) is -0.312.